The van der Waals surface area contributed by atoms with Crippen LogP contribution in [0.4, 0.5) is 0 Å². The van der Waals surface area contributed by atoms with E-state index in [1.807, 2.05) is 24.4 Å². The number of furan rings is 1. The predicted octanol–water partition coefficient (Wildman–Crippen LogP) is 2.20. The van der Waals surface area contributed by atoms with Gasteiger partial charge in [0, 0.05) is 35.8 Å². The van der Waals surface area contributed by atoms with E-state index in [4.69, 9.17) is 4.42 Å². The normalized spacial score (nSPS) is 15.6. The van der Waals surface area contributed by atoms with Gasteiger partial charge in [0.15, 0.2) is 9.84 Å². The molecule has 1 aromatic carbocycles. The number of rotatable bonds is 4. The molecule has 7 heteroatoms. The molecule has 1 aliphatic rings. The lowest BCUT2D eigenvalue weighted by Crippen LogP contribution is -2.57. The largest absolute Gasteiger partial charge is 0.468 e. The van der Waals surface area contributed by atoms with Crippen LogP contribution in [0.15, 0.2) is 53.3 Å². The number of aromatic amines is 1. The number of hydrogen-bond donors (Lipinski definition) is 1. The highest BCUT2D eigenvalue weighted by molar-refractivity contribution is 7.91. The summed E-state index contributed by atoms with van der Waals surface area (Å²) < 4.78 is 29.7. The van der Waals surface area contributed by atoms with E-state index in [9.17, 15) is 13.2 Å². The number of sulfone groups is 1. The van der Waals surface area contributed by atoms with Gasteiger partial charge < -0.3 is 14.3 Å². The van der Waals surface area contributed by atoms with E-state index >= 15 is 0 Å². The van der Waals surface area contributed by atoms with Crippen molar-refractivity contribution in [2.45, 2.75) is 11.0 Å². The molecular formula is C17H16N2O4S. The van der Waals surface area contributed by atoms with E-state index in [0.29, 0.717) is 11.3 Å². The van der Waals surface area contributed by atoms with Gasteiger partial charge in [0.25, 0.3) is 5.91 Å². The minimum atomic E-state index is -3.31. The molecule has 3 aromatic rings. The zero-order valence-electron chi connectivity index (χ0n) is 12.8. The second-order valence-corrected chi connectivity index (χ2v) is 8.28. The molecule has 2 aromatic heterocycles. The quantitative estimate of drug-likeness (QED) is 0.786. The average molecular weight is 344 g/mol. The molecule has 0 aliphatic carbocycles. The Hall–Kier alpha value is -2.54. The van der Waals surface area contributed by atoms with E-state index in [1.165, 1.54) is 6.26 Å². The maximum absolute atomic E-state index is 12.5. The molecule has 0 bridgehead atoms. The standard InChI is InChI=1S/C17H16N2O4S/c20-17(13-3-4-16-12(8-13)5-6-18-16)19-9-15(10-19)24(21,22)11-14-2-1-7-23-14/h1-8,15,18H,9-11H2. The number of likely N-dealkylation sites (tertiary alicyclic amines) is 1. The molecule has 1 aliphatic heterocycles. The Balaban J connectivity index is 1.43. The summed E-state index contributed by atoms with van der Waals surface area (Å²) in [5.41, 5.74) is 1.54. The van der Waals surface area contributed by atoms with E-state index in [2.05, 4.69) is 4.98 Å². The van der Waals surface area contributed by atoms with Crippen LogP contribution in [0.25, 0.3) is 10.9 Å². The highest BCUT2D eigenvalue weighted by atomic mass is 32.2. The number of amides is 1. The maximum atomic E-state index is 12.5. The Labute approximate surface area is 139 Å². The number of hydrogen-bond acceptors (Lipinski definition) is 4. The van der Waals surface area contributed by atoms with E-state index < -0.39 is 15.1 Å². The molecule has 0 radical (unpaired) electrons. The van der Waals surface area contributed by atoms with Crippen LogP contribution in [0.3, 0.4) is 0 Å². The van der Waals surface area contributed by atoms with Gasteiger partial charge in [-0.1, -0.05) is 0 Å². The molecule has 3 heterocycles. The Kier molecular flexibility index (Phi) is 3.45. The SMILES string of the molecule is O=C(c1ccc2[nH]ccc2c1)N1CC(S(=O)(=O)Cc2ccco2)C1. The van der Waals surface area contributed by atoms with Crippen LogP contribution in [0.5, 0.6) is 0 Å². The van der Waals surface area contributed by atoms with Gasteiger partial charge in [-0.15, -0.1) is 0 Å². The van der Waals surface area contributed by atoms with Gasteiger partial charge in [-0.05, 0) is 36.4 Å². The van der Waals surface area contributed by atoms with Crippen molar-refractivity contribution in [3.8, 4) is 0 Å². The first-order valence-electron chi connectivity index (χ1n) is 7.63. The summed E-state index contributed by atoms with van der Waals surface area (Å²) in [6.07, 6.45) is 3.28. The number of carbonyl (C=O) groups excluding carboxylic acids is 1. The number of carbonyl (C=O) groups is 1. The van der Waals surface area contributed by atoms with Gasteiger partial charge >= 0.3 is 0 Å². The molecule has 124 valence electrons. The Morgan fingerprint density at radius 1 is 1.25 bits per heavy atom. The molecule has 1 fully saturated rings. The van der Waals surface area contributed by atoms with Crippen molar-refractivity contribution in [3.63, 3.8) is 0 Å². The molecule has 4 rings (SSSR count). The third-order valence-electron chi connectivity index (χ3n) is 4.37. The molecule has 1 saturated heterocycles. The maximum Gasteiger partial charge on any atom is 0.253 e. The fourth-order valence-electron chi connectivity index (χ4n) is 2.91. The van der Waals surface area contributed by atoms with E-state index in [1.54, 1.807) is 23.1 Å². The van der Waals surface area contributed by atoms with E-state index in [0.717, 1.165) is 10.9 Å². The molecule has 0 saturated carbocycles. The molecule has 0 unspecified atom stereocenters. The van der Waals surface area contributed by atoms with Crippen molar-refractivity contribution in [2.24, 2.45) is 0 Å². The van der Waals surface area contributed by atoms with Gasteiger partial charge in [-0.3, -0.25) is 4.79 Å². The fourth-order valence-corrected chi connectivity index (χ4v) is 4.52. The summed E-state index contributed by atoms with van der Waals surface area (Å²) in [7, 11) is -3.31. The van der Waals surface area contributed by atoms with Gasteiger partial charge in [0.2, 0.25) is 0 Å². The van der Waals surface area contributed by atoms with Crippen LogP contribution >= 0.6 is 0 Å². The fraction of sp³-hybridized carbons (Fsp3) is 0.235. The number of benzene rings is 1. The highest BCUT2D eigenvalue weighted by Crippen LogP contribution is 2.23. The lowest BCUT2D eigenvalue weighted by molar-refractivity contribution is 0.0659. The van der Waals surface area contributed by atoms with Crippen molar-refractivity contribution in [2.75, 3.05) is 13.1 Å². The van der Waals surface area contributed by atoms with Gasteiger partial charge in [-0.2, -0.15) is 0 Å². The Bertz CT molecular complexity index is 983. The summed E-state index contributed by atoms with van der Waals surface area (Å²) >= 11 is 0. The molecule has 1 amide bonds. The second kappa shape index (κ2) is 5.52. The highest BCUT2D eigenvalue weighted by Gasteiger charge is 2.40. The number of aromatic nitrogens is 1. The summed E-state index contributed by atoms with van der Waals surface area (Å²) in [5, 5.41) is 0.436. The summed E-state index contributed by atoms with van der Waals surface area (Å²) in [6.45, 7) is 0.458. The third-order valence-corrected chi connectivity index (χ3v) is 6.37. The molecule has 1 N–H and O–H groups in total. The summed E-state index contributed by atoms with van der Waals surface area (Å²) in [5.74, 6) is 0.169. The summed E-state index contributed by atoms with van der Waals surface area (Å²) in [4.78, 5) is 17.1. The van der Waals surface area contributed by atoms with Crippen molar-refractivity contribution >= 4 is 26.6 Å². The van der Waals surface area contributed by atoms with Crippen LogP contribution in [0.2, 0.25) is 0 Å². The number of nitrogens with zero attached hydrogens (tertiary/aromatic N) is 1. The van der Waals surface area contributed by atoms with Crippen LogP contribution in [-0.2, 0) is 15.6 Å². The van der Waals surface area contributed by atoms with Crippen LogP contribution in [-0.4, -0.2) is 42.5 Å². The molecular weight excluding hydrogens is 328 g/mol. The third kappa shape index (κ3) is 2.60. The minimum Gasteiger partial charge on any atom is -0.468 e. The summed E-state index contributed by atoms with van der Waals surface area (Å²) in [6, 6.07) is 10.6. The first kappa shape index (κ1) is 15.0. The van der Waals surface area contributed by atoms with Gasteiger partial charge in [0.1, 0.15) is 11.5 Å². The molecule has 24 heavy (non-hydrogen) atoms. The molecule has 0 spiro atoms. The number of fused-ring (bicyclic) bond motifs is 1. The van der Waals surface area contributed by atoms with Gasteiger partial charge in [0.05, 0.1) is 11.5 Å². The lowest BCUT2D eigenvalue weighted by Gasteiger charge is -2.38. The zero-order chi connectivity index (χ0) is 16.7. The molecule has 6 nitrogen and oxygen atoms in total. The number of H-pyrrole nitrogens is 1. The van der Waals surface area contributed by atoms with Crippen LogP contribution < -0.4 is 0 Å². The Morgan fingerprint density at radius 2 is 2.08 bits per heavy atom. The van der Waals surface area contributed by atoms with Crippen molar-refractivity contribution in [3.05, 3.63) is 60.2 Å². The van der Waals surface area contributed by atoms with Crippen LogP contribution in [0.1, 0.15) is 16.1 Å². The Morgan fingerprint density at radius 3 is 2.83 bits per heavy atom. The second-order valence-electron chi connectivity index (χ2n) is 6.00. The number of nitrogens with one attached hydrogen (secondary N) is 1. The first-order valence-corrected chi connectivity index (χ1v) is 9.35. The first-order chi connectivity index (χ1) is 11.5. The minimum absolute atomic E-state index is 0.123. The van der Waals surface area contributed by atoms with Crippen molar-refractivity contribution in [1.82, 2.24) is 9.88 Å². The topological polar surface area (TPSA) is 83.4 Å². The van der Waals surface area contributed by atoms with Crippen LogP contribution in [0, 0.1) is 0 Å². The van der Waals surface area contributed by atoms with E-state index in [-0.39, 0.29) is 24.7 Å². The molecule has 0 atom stereocenters. The van der Waals surface area contributed by atoms with Crippen molar-refractivity contribution in [1.29, 1.82) is 0 Å². The van der Waals surface area contributed by atoms with Crippen molar-refractivity contribution < 1.29 is 17.6 Å². The monoisotopic (exact) mass is 344 g/mol. The predicted molar refractivity (Wildman–Crippen MR) is 89.3 cm³/mol. The van der Waals surface area contributed by atoms with Gasteiger partial charge in [-0.25, -0.2) is 8.42 Å². The zero-order valence-corrected chi connectivity index (χ0v) is 13.6. The smallest absolute Gasteiger partial charge is 0.253 e. The average Bonchev–Trinajstić information content (AvgIpc) is 3.14. The lowest BCUT2D eigenvalue weighted by atomic mass is 10.1.